The zero-order valence-electron chi connectivity index (χ0n) is 11.2. The Morgan fingerprint density at radius 1 is 1.24 bits per heavy atom. The van der Waals surface area contributed by atoms with Crippen LogP contribution in [0, 0.1) is 12.7 Å². The summed E-state index contributed by atoms with van der Waals surface area (Å²) >= 11 is 0. The van der Waals surface area contributed by atoms with E-state index in [4.69, 9.17) is 0 Å². The number of rotatable bonds is 1. The molecule has 7 heteroatoms. The summed E-state index contributed by atoms with van der Waals surface area (Å²) in [6, 6.07) is 1.54. The maximum absolute atomic E-state index is 13.6. The van der Waals surface area contributed by atoms with Crippen molar-refractivity contribution in [3.63, 3.8) is 0 Å². The highest BCUT2D eigenvalue weighted by molar-refractivity contribution is 6.21. The summed E-state index contributed by atoms with van der Waals surface area (Å²) in [5, 5.41) is 12.2. The van der Waals surface area contributed by atoms with Crippen LogP contribution in [0.3, 0.4) is 0 Å². The lowest BCUT2D eigenvalue weighted by molar-refractivity contribution is -0.129. The van der Waals surface area contributed by atoms with Crippen molar-refractivity contribution in [3.8, 4) is 0 Å². The number of aliphatic hydroxyl groups excluding tert-OH is 1. The molecule has 2 atom stereocenters. The van der Waals surface area contributed by atoms with E-state index in [0.717, 1.165) is 11.0 Å². The van der Waals surface area contributed by atoms with Crippen LogP contribution in [0.1, 0.15) is 39.1 Å². The van der Waals surface area contributed by atoms with Crippen LogP contribution < -0.4 is 5.32 Å². The second kappa shape index (κ2) is 4.63. The molecule has 1 aromatic carbocycles. The number of fused-ring (bicyclic) bond motifs is 1. The third-order valence-electron chi connectivity index (χ3n) is 3.87. The van der Waals surface area contributed by atoms with Gasteiger partial charge in [-0.15, -0.1) is 0 Å². The molecule has 0 radical (unpaired) electrons. The van der Waals surface area contributed by atoms with E-state index in [-0.39, 0.29) is 35.4 Å². The van der Waals surface area contributed by atoms with Gasteiger partial charge in [-0.1, -0.05) is 0 Å². The van der Waals surface area contributed by atoms with E-state index in [1.54, 1.807) is 0 Å². The van der Waals surface area contributed by atoms with Crippen LogP contribution in [0.2, 0.25) is 0 Å². The monoisotopic (exact) mass is 292 g/mol. The van der Waals surface area contributed by atoms with Crippen LogP contribution in [0.5, 0.6) is 0 Å². The Kier molecular flexibility index (Phi) is 3.02. The smallest absolute Gasteiger partial charge is 0.262 e. The first-order valence-electron chi connectivity index (χ1n) is 6.55. The molecule has 2 aliphatic heterocycles. The van der Waals surface area contributed by atoms with E-state index >= 15 is 0 Å². The Balaban J connectivity index is 1.98. The summed E-state index contributed by atoms with van der Waals surface area (Å²) in [4.78, 5) is 36.8. The lowest BCUT2D eigenvalue weighted by Crippen LogP contribution is -2.57. The molecule has 2 aliphatic rings. The summed E-state index contributed by atoms with van der Waals surface area (Å²) < 4.78 is 13.6. The number of aliphatic hydroxyl groups is 1. The Bertz CT molecular complexity index is 632. The van der Waals surface area contributed by atoms with Gasteiger partial charge in [0, 0.05) is 6.42 Å². The topological polar surface area (TPSA) is 86.7 Å². The third-order valence-corrected chi connectivity index (χ3v) is 3.87. The number of carbonyl (C=O) groups is 3. The number of halogens is 1. The Morgan fingerprint density at radius 3 is 2.48 bits per heavy atom. The van der Waals surface area contributed by atoms with Crippen LogP contribution in [0.4, 0.5) is 4.39 Å². The number of nitrogens with zero attached hydrogens (tertiary/aromatic N) is 1. The number of amides is 3. The molecule has 0 aliphatic carbocycles. The van der Waals surface area contributed by atoms with E-state index in [2.05, 4.69) is 5.32 Å². The molecule has 6 nitrogen and oxygen atoms in total. The highest BCUT2D eigenvalue weighted by Gasteiger charge is 2.44. The molecule has 2 heterocycles. The SMILES string of the molecule is Cc1cc2c(cc1F)C(=O)N([C@@H]1CCC(=O)NC1O)C2=O. The molecular formula is C14H13FN2O4. The van der Waals surface area contributed by atoms with Crippen molar-refractivity contribution < 1.29 is 23.9 Å². The predicted molar refractivity (Wildman–Crippen MR) is 68.8 cm³/mol. The number of hydrogen-bond acceptors (Lipinski definition) is 4. The minimum absolute atomic E-state index is 0.00722. The van der Waals surface area contributed by atoms with Gasteiger partial charge in [0.25, 0.3) is 11.8 Å². The van der Waals surface area contributed by atoms with Gasteiger partial charge >= 0.3 is 0 Å². The quantitative estimate of drug-likeness (QED) is 0.730. The summed E-state index contributed by atoms with van der Waals surface area (Å²) in [6.45, 7) is 1.51. The maximum atomic E-state index is 13.6. The molecule has 1 saturated heterocycles. The maximum Gasteiger partial charge on any atom is 0.262 e. The zero-order chi connectivity index (χ0) is 15.3. The molecule has 110 valence electrons. The lowest BCUT2D eigenvalue weighted by atomic mass is 10.0. The predicted octanol–water partition coefficient (Wildman–Crippen LogP) is 0.327. The van der Waals surface area contributed by atoms with E-state index in [1.165, 1.54) is 13.0 Å². The fourth-order valence-corrected chi connectivity index (χ4v) is 2.73. The molecule has 0 spiro atoms. The van der Waals surface area contributed by atoms with E-state index in [1.807, 2.05) is 0 Å². The van der Waals surface area contributed by atoms with Crippen molar-refractivity contribution >= 4 is 17.7 Å². The third kappa shape index (κ3) is 2.01. The average Bonchev–Trinajstić information content (AvgIpc) is 2.64. The van der Waals surface area contributed by atoms with E-state index in [0.29, 0.717) is 0 Å². The minimum Gasteiger partial charge on any atom is -0.372 e. The Hall–Kier alpha value is -2.28. The van der Waals surface area contributed by atoms with Crippen molar-refractivity contribution in [3.05, 3.63) is 34.6 Å². The van der Waals surface area contributed by atoms with E-state index < -0.39 is 29.9 Å². The van der Waals surface area contributed by atoms with Gasteiger partial charge in [0.1, 0.15) is 12.0 Å². The summed E-state index contributed by atoms with van der Waals surface area (Å²) in [7, 11) is 0. The first-order valence-corrected chi connectivity index (χ1v) is 6.55. The Labute approximate surface area is 119 Å². The Morgan fingerprint density at radius 2 is 1.86 bits per heavy atom. The van der Waals surface area contributed by atoms with Gasteiger partial charge in [0.05, 0.1) is 17.2 Å². The van der Waals surface area contributed by atoms with Crippen molar-refractivity contribution in [1.29, 1.82) is 0 Å². The summed E-state index contributed by atoms with van der Waals surface area (Å²) in [5.41, 5.74) is 0.393. The first kappa shape index (κ1) is 13.7. The number of imide groups is 1. The van der Waals surface area contributed by atoms with Crippen molar-refractivity contribution in [2.45, 2.75) is 32.0 Å². The van der Waals surface area contributed by atoms with Crippen molar-refractivity contribution in [2.75, 3.05) is 0 Å². The molecule has 1 aromatic rings. The largest absolute Gasteiger partial charge is 0.372 e. The highest BCUT2D eigenvalue weighted by Crippen LogP contribution is 2.30. The molecular weight excluding hydrogens is 279 g/mol. The summed E-state index contributed by atoms with van der Waals surface area (Å²) in [6.07, 6.45) is -1.01. The molecule has 3 rings (SSSR count). The van der Waals surface area contributed by atoms with Crippen molar-refractivity contribution in [1.82, 2.24) is 10.2 Å². The van der Waals surface area contributed by atoms with Crippen LogP contribution in [0.15, 0.2) is 12.1 Å². The minimum atomic E-state index is -1.31. The van der Waals surface area contributed by atoms with Crippen LogP contribution in [-0.4, -0.2) is 40.0 Å². The van der Waals surface area contributed by atoms with Gasteiger partial charge in [-0.05, 0) is 31.0 Å². The number of piperidine rings is 1. The number of benzene rings is 1. The van der Waals surface area contributed by atoms with E-state index in [9.17, 15) is 23.9 Å². The average molecular weight is 292 g/mol. The van der Waals surface area contributed by atoms with Gasteiger partial charge in [0.15, 0.2) is 0 Å². The first-order chi connectivity index (χ1) is 9.90. The van der Waals surface area contributed by atoms with Crippen molar-refractivity contribution in [2.24, 2.45) is 0 Å². The molecule has 0 bridgehead atoms. The van der Waals surface area contributed by atoms with Gasteiger partial charge in [0.2, 0.25) is 5.91 Å². The molecule has 0 saturated carbocycles. The molecule has 2 N–H and O–H groups in total. The second-order valence-corrected chi connectivity index (χ2v) is 5.25. The fraction of sp³-hybridized carbons (Fsp3) is 0.357. The highest BCUT2D eigenvalue weighted by atomic mass is 19.1. The zero-order valence-corrected chi connectivity index (χ0v) is 11.2. The molecule has 21 heavy (non-hydrogen) atoms. The molecule has 0 aromatic heterocycles. The van der Waals surface area contributed by atoms with Gasteiger partial charge in [-0.2, -0.15) is 0 Å². The van der Waals surface area contributed by atoms with Gasteiger partial charge < -0.3 is 10.4 Å². The number of carbonyl (C=O) groups excluding carboxylic acids is 3. The summed E-state index contributed by atoms with van der Waals surface area (Å²) in [5.74, 6) is -2.11. The standard InChI is InChI=1S/C14H13FN2O4/c1-6-4-7-8(5-9(6)15)14(21)17(13(7)20)10-2-3-11(18)16-12(10)19/h4-5,10,12,19H,2-3H2,1H3,(H,16,18)/t10-,12?/m1/s1. The number of aryl methyl sites for hydroxylation is 1. The molecule has 1 unspecified atom stereocenters. The van der Waals surface area contributed by atoms with Gasteiger partial charge in [-0.3, -0.25) is 19.3 Å². The van der Waals surface area contributed by atoms with Gasteiger partial charge in [-0.25, -0.2) is 4.39 Å². The second-order valence-electron chi connectivity index (χ2n) is 5.25. The fourth-order valence-electron chi connectivity index (χ4n) is 2.73. The lowest BCUT2D eigenvalue weighted by Gasteiger charge is -2.33. The number of hydrogen-bond donors (Lipinski definition) is 2. The van der Waals surface area contributed by atoms with Crippen LogP contribution in [-0.2, 0) is 4.79 Å². The normalized spacial score (nSPS) is 25.1. The molecule has 1 fully saturated rings. The number of nitrogens with one attached hydrogen (secondary N) is 1. The van der Waals surface area contributed by atoms with Crippen LogP contribution in [0.25, 0.3) is 0 Å². The van der Waals surface area contributed by atoms with Crippen LogP contribution >= 0.6 is 0 Å². The molecule has 3 amide bonds.